The quantitative estimate of drug-likeness (QED) is 0.728. The number of nitrogens with zero attached hydrogens (tertiary/aromatic N) is 3. The zero-order valence-corrected chi connectivity index (χ0v) is 17.4. The molecule has 2 aliphatic heterocycles. The molecule has 1 amide bonds. The van der Waals surface area contributed by atoms with Crippen molar-refractivity contribution in [1.82, 2.24) is 9.80 Å². The average molecular weight is 402 g/mol. The van der Waals surface area contributed by atoms with Crippen LogP contribution in [0, 0.1) is 17.2 Å². The van der Waals surface area contributed by atoms with E-state index >= 15 is 0 Å². The molecule has 0 spiro atoms. The Bertz CT molecular complexity index is 725. The summed E-state index contributed by atoms with van der Waals surface area (Å²) in [7, 11) is 1.59. The number of carbonyl (C=O) groups is 1. The number of benzene rings is 1. The highest BCUT2D eigenvalue weighted by atomic mass is 16.6. The smallest absolute Gasteiger partial charge is 0.409 e. The topological polar surface area (TPSA) is 75.0 Å². The zero-order chi connectivity index (χ0) is 20.6. The van der Waals surface area contributed by atoms with Crippen LogP contribution in [0.4, 0.5) is 4.79 Å². The number of hydrogen-bond donors (Lipinski definition) is 0. The van der Waals surface area contributed by atoms with Crippen molar-refractivity contribution >= 4 is 6.09 Å². The largest absolute Gasteiger partial charge is 0.493 e. The molecule has 2 aliphatic rings. The van der Waals surface area contributed by atoms with Crippen LogP contribution in [0.15, 0.2) is 18.2 Å². The lowest BCUT2D eigenvalue weighted by molar-refractivity contribution is 0.0493. The highest BCUT2D eigenvalue weighted by molar-refractivity contribution is 5.67. The number of piperidine rings is 2. The minimum atomic E-state index is -0.188. The Morgan fingerprint density at radius 1 is 1.21 bits per heavy atom. The first kappa shape index (κ1) is 21.3. The van der Waals surface area contributed by atoms with Gasteiger partial charge in [-0.05, 0) is 51.3 Å². The van der Waals surface area contributed by atoms with Crippen LogP contribution < -0.4 is 9.47 Å². The fraction of sp³-hybridized carbons (Fsp3) is 0.636. The number of likely N-dealkylation sites (tertiary alicyclic amines) is 2. The van der Waals surface area contributed by atoms with E-state index in [1.54, 1.807) is 19.2 Å². The van der Waals surface area contributed by atoms with Crippen LogP contribution in [-0.2, 0) is 4.74 Å². The van der Waals surface area contributed by atoms with E-state index in [9.17, 15) is 4.79 Å². The van der Waals surface area contributed by atoms with Gasteiger partial charge in [0.05, 0.1) is 32.0 Å². The normalized spacial score (nSPS) is 20.7. The Morgan fingerprint density at radius 3 is 2.69 bits per heavy atom. The maximum atomic E-state index is 11.9. The van der Waals surface area contributed by atoms with Crippen LogP contribution in [0.1, 0.15) is 38.2 Å². The van der Waals surface area contributed by atoms with Crippen molar-refractivity contribution in [2.45, 2.75) is 38.6 Å². The molecule has 1 aromatic rings. The minimum absolute atomic E-state index is 0.188. The van der Waals surface area contributed by atoms with E-state index in [-0.39, 0.29) is 6.09 Å². The fourth-order valence-corrected chi connectivity index (χ4v) is 4.26. The van der Waals surface area contributed by atoms with Crippen LogP contribution in [0.3, 0.4) is 0 Å². The average Bonchev–Trinajstić information content (AvgIpc) is 2.78. The van der Waals surface area contributed by atoms with Crippen LogP contribution in [0.2, 0.25) is 0 Å². The van der Waals surface area contributed by atoms with Crippen molar-refractivity contribution in [2.75, 3.05) is 46.5 Å². The van der Waals surface area contributed by atoms with Crippen LogP contribution in [0.25, 0.3) is 0 Å². The number of carbonyl (C=O) groups excluding carboxylic acids is 1. The second kappa shape index (κ2) is 10.4. The van der Waals surface area contributed by atoms with Crippen LogP contribution in [-0.4, -0.2) is 68.4 Å². The van der Waals surface area contributed by atoms with Crippen molar-refractivity contribution < 1.29 is 19.0 Å². The second-order valence-corrected chi connectivity index (χ2v) is 7.71. The van der Waals surface area contributed by atoms with Crippen molar-refractivity contribution in [1.29, 1.82) is 5.26 Å². The van der Waals surface area contributed by atoms with E-state index in [0.717, 1.165) is 51.9 Å². The van der Waals surface area contributed by atoms with Gasteiger partial charge in [-0.1, -0.05) is 0 Å². The first-order valence-corrected chi connectivity index (χ1v) is 10.5. The molecule has 2 saturated heterocycles. The molecule has 1 aromatic carbocycles. The molecule has 0 radical (unpaired) electrons. The Morgan fingerprint density at radius 2 is 2.00 bits per heavy atom. The summed E-state index contributed by atoms with van der Waals surface area (Å²) >= 11 is 0. The molecule has 2 fully saturated rings. The Balaban J connectivity index is 1.49. The van der Waals surface area contributed by atoms with E-state index in [1.807, 2.05) is 17.9 Å². The predicted octanol–water partition coefficient (Wildman–Crippen LogP) is 3.28. The van der Waals surface area contributed by atoms with Gasteiger partial charge in [-0.15, -0.1) is 0 Å². The Hall–Kier alpha value is -2.46. The number of ether oxygens (including phenoxy) is 3. The lowest BCUT2D eigenvalue weighted by Gasteiger charge is -2.42. The van der Waals surface area contributed by atoms with Gasteiger partial charge in [-0.2, -0.15) is 5.26 Å². The summed E-state index contributed by atoms with van der Waals surface area (Å²) in [6.45, 7) is 6.57. The minimum Gasteiger partial charge on any atom is -0.493 e. The molecule has 7 heteroatoms. The number of methoxy groups -OCH3 is 1. The van der Waals surface area contributed by atoms with Crippen LogP contribution >= 0.6 is 0 Å². The van der Waals surface area contributed by atoms with Gasteiger partial charge in [0.25, 0.3) is 0 Å². The standard InChI is InChI=1S/C22H31N3O4/c1-3-28-22(26)24-11-8-19(9-12-24)25-10-4-5-18(15-25)16-29-20-7-6-17(14-23)13-21(20)27-2/h6-7,13,18-19H,3-5,8-12,15-16H2,1-2H3. The monoisotopic (exact) mass is 401 g/mol. The SMILES string of the molecule is CCOC(=O)N1CCC(N2CCCC(COc3ccc(C#N)cc3OC)C2)CC1. The van der Waals surface area contributed by atoms with E-state index in [4.69, 9.17) is 19.5 Å². The fourth-order valence-electron chi connectivity index (χ4n) is 4.26. The van der Waals surface area contributed by atoms with Gasteiger partial charge >= 0.3 is 6.09 Å². The molecular weight excluding hydrogens is 370 g/mol. The highest BCUT2D eigenvalue weighted by Gasteiger charge is 2.30. The van der Waals surface area contributed by atoms with E-state index in [1.165, 1.54) is 0 Å². The van der Waals surface area contributed by atoms with E-state index < -0.39 is 0 Å². The molecule has 0 aliphatic carbocycles. The Labute approximate surface area is 173 Å². The molecule has 0 aromatic heterocycles. The molecule has 0 N–H and O–H groups in total. The first-order valence-electron chi connectivity index (χ1n) is 10.5. The van der Waals surface area contributed by atoms with Crippen LogP contribution in [0.5, 0.6) is 11.5 Å². The lowest BCUT2D eigenvalue weighted by Crippen LogP contribution is -2.50. The summed E-state index contributed by atoms with van der Waals surface area (Å²) in [6.07, 6.45) is 4.12. The molecule has 158 valence electrons. The van der Waals surface area contributed by atoms with Gasteiger partial charge in [0.2, 0.25) is 0 Å². The van der Waals surface area contributed by atoms with Crippen molar-refractivity contribution in [3.63, 3.8) is 0 Å². The van der Waals surface area contributed by atoms with Crippen molar-refractivity contribution in [3.05, 3.63) is 23.8 Å². The Kier molecular flexibility index (Phi) is 7.59. The maximum Gasteiger partial charge on any atom is 0.409 e. The molecule has 1 unspecified atom stereocenters. The third-order valence-corrected chi connectivity index (χ3v) is 5.82. The van der Waals surface area contributed by atoms with Gasteiger partial charge in [-0.25, -0.2) is 4.79 Å². The van der Waals surface area contributed by atoms with Gasteiger partial charge < -0.3 is 19.1 Å². The number of rotatable bonds is 6. The third-order valence-electron chi connectivity index (χ3n) is 5.82. The van der Waals surface area contributed by atoms with Crippen molar-refractivity contribution in [3.8, 4) is 17.6 Å². The molecule has 7 nitrogen and oxygen atoms in total. The number of hydrogen-bond acceptors (Lipinski definition) is 6. The van der Waals surface area contributed by atoms with Crippen molar-refractivity contribution in [2.24, 2.45) is 5.92 Å². The first-order chi connectivity index (χ1) is 14.1. The zero-order valence-electron chi connectivity index (χ0n) is 17.4. The van der Waals surface area contributed by atoms with E-state index in [2.05, 4.69) is 11.0 Å². The summed E-state index contributed by atoms with van der Waals surface area (Å²) in [5.41, 5.74) is 0.562. The van der Waals surface area contributed by atoms with Gasteiger partial charge in [0, 0.05) is 37.7 Å². The number of amides is 1. The van der Waals surface area contributed by atoms with Gasteiger partial charge in [-0.3, -0.25) is 4.90 Å². The maximum absolute atomic E-state index is 11.9. The third kappa shape index (κ3) is 5.54. The highest BCUT2D eigenvalue weighted by Crippen LogP contribution is 2.30. The summed E-state index contributed by atoms with van der Waals surface area (Å²) in [6, 6.07) is 7.91. The molecule has 29 heavy (non-hydrogen) atoms. The molecule has 3 rings (SSSR count). The predicted molar refractivity (Wildman–Crippen MR) is 109 cm³/mol. The second-order valence-electron chi connectivity index (χ2n) is 7.71. The summed E-state index contributed by atoms with van der Waals surface area (Å²) in [5, 5.41) is 9.03. The molecule has 2 heterocycles. The lowest BCUT2D eigenvalue weighted by atomic mass is 9.94. The van der Waals surface area contributed by atoms with Gasteiger partial charge in [0.1, 0.15) is 0 Å². The summed E-state index contributed by atoms with van der Waals surface area (Å²) in [4.78, 5) is 16.3. The van der Waals surface area contributed by atoms with E-state index in [0.29, 0.717) is 42.2 Å². The molecular formula is C22H31N3O4. The summed E-state index contributed by atoms with van der Waals surface area (Å²) < 4.78 is 16.5. The van der Waals surface area contributed by atoms with Gasteiger partial charge in [0.15, 0.2) is 11.5 Å². The summed E-state index contributed by atoms with van der Waals surface area (Å²) in [5.74, 6) is 1.75. The molecule has 1 atom stereocenters. The number of nitriles is 1. The molecule has 0 bridgehead atoms. The molecule has 0 saturated carbocycles.